The molecule has 88 valence electrons. The third-order valence-electron chi connectivity index (χ3n) is 1.61. The average Bonchev–Trinajstić information content (AvgIpc) is 2.00. The van der Waals surface area contributed by atoms with Crippen LogP contribution in [-0.2, 0) is 9.59 Å². The molecule has 0 aromatic carbocycles. The lowest BCUT2D eigenvalue weighted by molar-refractivity contribution is -0.129. The monoisotopic (exact) mass is 232 g/mol. The molecule has 0 aliphatic heterocycles. The van der Waals surface area contributed by atoms with Gasteiger partial charge in [0.1, 0.15) is 6.04 Å². The molecule has 0 radical (unpaired) electrons. The van der Waals surface area contributed by atoms with Crippen LogP contribution in [0.3, 0.4) is 0 Å². The summed E-state index contributed by atoms with van der Waals surface area (Å²) in [5, 5.41) is 5.40. The Morgan fingerprint density at radius 2 is 1.87 bits per heavy atom. The van der Waals surface area contributed by atoms with Gasteiger partial charge in [0.05, 0.1) is 0 Å². The van der Waals surface area contributed by atoms with Crippen LogP contribution in [0.15, 0.2) is 0 Å². The Morgan fingerprint density at radius 3 is 2.27 bits per heavy atom. The van der Waals surface area contributed by atoms with Gasteiger partial charge >= 0.3 is 0 Å². The highest BCUT2D eigenvalue weighted by atomic mass is 32.1. The summed E-state index contributed by atoms with van der Waals surface area (Å²) in [6.07, 6.45) is 0.330. The fourth-order valence-corrected chi connectivity index (χ4v) is 1.16. The molecule has 2 amide bonds. The minimum atomic E-state index is -0.503. The second-order valence-electron chi connectivity index (χ2n) is 4.50. The second kappa shape index (κ2) is 6.00. The van der Waals surface area contributed by atoms with Crippen molar-refractivity contribution >= 4 is 24.4 Å². The van der Waals surface area contributed by atoms with E-state index in [1.165, 1.54) is 0 Å². The summed E-state index contributed by atoms with van der Waals surface area (Å²) in [6.45, 7) is 7.35. The highest BCUT2D eigenvalue weighted by Crippen LogP contribution is 1.99. The minimum Gasteiger partial charge on any atom is -0.350 e. The summed E-state index contributed by atoms with van der Waals surface area (Å²) in [6, 6.07) is -0.503. The lowest BCUT2D eigenvalue weighted by atomic mass is 10.1. The van der Waals surface area contributed by atoms with E-state index in [-0.39, 0.29) is 17.4 Å². The van der Waals surface area contributed by atoms with Crippen molar-refractivity contribution in [1.82, 2.24) is 10.6 Å². The summed E-state index contributed by atoms with van der Waals surface area (Å²) >= 11 is 3.94. The topological polar surface area (TPSA) is 58.2 Å². The smallest absolute Gasteiger partial charge is 0.242 e. The van der Waals surface area contributed by atoms with Crippen molar-refractivity contribution in [3.05, 3.63) is 0 Å². The molecule has 0 heterocycles. The highest BCUT2D eigenvalue weighted by Gasteiger charge is 2.20. The van der Waals surface area contributed by atoms with E-state index in [1.807, 2.05) is 20.8 Å². The largest absolute Gasteiger partial charge is 0.350 e. The van der Waals surface area contributed by atoms with Crippen molar-refractivity contribution < 1.29 is 9.59 Å². The van der Waals surface area contributed by atoms with E-state index in [9.17, 15) is 9.59 Å². The van der Waals surface area contributed by atoms with E-state index >= 15 is 0 Å². The molecule has 4 nitrogen and oxygen atoms in total. The first-order valence-corrected chi connectivity index (χ1v) is 5.62. The van der Waals surface area contributed by atoms with Crippen LogP contribution in [0.5, 0.6) is 0 Å². The van der Waals surface area contributed by atoms with Gasteiger partial charge in [-0.05, 0) is 33.4 Å². The van der Waals surface area contributed by atoms with Gasteiger partial charge in [-0.3, -0.25) is 9.59 Å². The normalized spacial score (nSPS) is 13.1. The zero-order valence-electron chi connectivity index (χ0n) is 9.76. The Labute approximate surface area is 96.6 Å². The van der Waals surface area contributed by atoms with Gasteiger partial charge in [-0.1, -0.05) is 0 Å². The number of amides is 2. The first kappa shape index (κ1) is 14.3. The molecule has 5 heteroatoms. The molecule has 2 N–H and O–H groups in total. The zero-order valence-corrected chi connectivity index (χ0v) is 10.6. The van der Waals surface area contributed by atoms with Crippen molar-refractivity contribution in [2.75, 3.05) is 5.75 Å². The number of hydrogen-bond acceptors (Lipinski definition) is 3. The molecule has 0 aromatic rings. The van der Waals surface area contributed by atoms with E-state index < -0.39 is 6.04 Å². The number of carbonyl (C=O) groups is 2. The lowest BCUT2D eigenvalue weighted by Crippen LogP contribution is -2.50. The van der Waals surface area contributed by atoms with Crippen LogP contribution < -0.4 is 10.6 Å². The molecule has 0 saturated carbocycles. The van der Waals surface area contributed by atoms with Crippen molar-refractivity contribution in [1.29, 1.82) is 0 Å². The molecule has 0 fully saturated rings. The quantitative estimate of drug-likeness (QED) is 0.626. The van der Waals surface area contributed by atoms with Crippen LogP contribution >= 0.6 is 12.6 Å². The molecule has 0 saturated heterocycles. The Bertz CT molecular complexity index is 236. The van der Waals surface area contributed by atoms with Gasteiger partial charge in [-0.15, -0.1) is 0 Å². The van der Waals surface area contributed by atoms with Gasteiger partial charge in [0.2, 0.25) is 11.8 Å². The van der Waals surface area contributed by atoms with Gasteiger partial charge in [0.25, 0.3) is 0 Å². The molecule has 0 rings (SSSR count). The minimum absolute atomic E-state index is 0.151. The van der Waals surface area contributed by atoms with Crippen LogP contribution in [-0.4, -0.2) is 29.1 Å². The summed E-state index contributed by atoms with van der Waals surface area (Å²) < 4.78 is 0. The first-order chi connectivity index (χ1) is 6.76. The molecule has 1 atom stereocenters. The van der Waals surface area contributed by atoms with Gasteiger partial charge in [0.15, 0.2) is 0 Å². The van der Waals surface area contributed by atoms with Crippen LogP contribution in [0.4, 0.5) is 0 Å². The maximum Gasteiger partial charge on any atom is 0.242 e. The van der Waals surface area contributed by atoms with Crippen LogP contribution in [0.25, 0.3) is 0 Å². The van der Waals surface area contributed by atoms with Crippen molar-refractivity contribution in [3.63, 3.8) is 0 Å². The fourth-order valence-electron chi connectivity index (χ4n) is 0.959. The number of thiol groups is 1. The Kier molecular flexibility index (Phi) is 5.72. The Hall–Kier alpha value is -0.710. The van der Waals surface area contributed by atoms with E-state index in [4.69, 9.17) is 0 Å². The number of nitrogens with one attached hydrogen (secondary N) is 2. The van der Waals surface area contributed by atoms with Gasteiger partial charge in [0, 0.05) is 12.0 Å². The highest BCUT2D eigenvalue weighted by molar-refractivity contribution is 7.80. The predicted molar refractivity (Wildman–Crippen MR) is 64.0 cm³/mol. The molecular formula is C10H20N2O2S. The maximum atomic E-state index is 11.6. The zero-order chi connectivity index (χ0) is 12.1. The number of hydrogen-bond donors (Lipinski definition) is 3. The summed E-state index contributed by atoms with van der Waals surface area (Å²) in [5.41, 5.74) is -0.278. The number of carbonyl (C=O) groups excluding carboxylic acids is 2. The standard InChI is InChI=1S/C10H20N2O2S/c1-7(11-8(13)5-6-15)9(14)12-10(2,3)4/h7,15H,5-6H2,1-4H3,(H,11,13)(H,12,14). The van der Waals surface area contributed by atoms with Crippen molar-refractivity contribution in [3.8, 4) is 0 Å². The van der Waals surface area contributed by atoms with Gasteiger partial charge in [-0.2, -0.15) is 12.6 Å². The summed E-state index contributed by atoms with van der Waals surface area (Å²) in [4.78, 5) is 22.7. The van der Waals surface area contributed by atoms with E-state index in [2.05, 4.69) is 23.3 Å². The van der Waals surface area contributed by atoms with Crippen molar-refractivity contribution in [2.24, 2.45) is 0 Å². The predicted octanol–water partition coefficient (Wildman–Crippen LogP) is 0.726. The van der Waals surface area contributed by atoms with E-state index in [0.717, 1.165) is 0 Å². The van der Waals surface area contributed by atoms with Crippen LogP contribution in [0, 0.1) is 0 Å². The molecule has 15 heavy (non-hydrogen) atoms. The Morgan fingerprint density at radius 1 is 1.33 bits per heavy atom. The molecule has 0 bridgehead atoms. The second-order valence-corrected chi connectivity index (χ2v) is 4.95. The molecular weight excluding hydrogens is 212 g/mol. The van der Waals surface area contributed by atoms with E-state index in [1.54, 1.807) is 6.92 Å². The van der Waals surface area contributed by atoms with Crippen LogP contribution in [0.2, 0.25) is 0 Å². The third kappa shape index (κ3) is 7.25. The lowest BCUT2D eigenvalue weighted by Gasteiger charge is -2.23. The van der Waals surface area contributed by atoms with Crippen molar-refractivity contribution in [2.45, 2.75) is 45.7 Å². The van der Waals surface area contributed by atoms with E-state index in [0.29, 0.717) is 12.2 Å². The summed E-state index contributed by atoms with van der Waals surface area (Å²) in [7, 11) is 0. The maximum absolute atomic E-state index is 11.6. The Balaban J connectivity index is 4.05. The third-order valence-corrected chi connectivity index (χ3v) is 1.83. The molecule has 1 unspecified atom stereocenters. The van der Waals surface area contributed by atoms with Gasteiger partial charge < -0.3 is 10.6 Å². The molecule has 0 aliphatic carbocycles. The van der Waals surface area contributed by atoms with Gasteiger partial charge in [-0.25, -0.2) is 0 Å². The molecule has 0 spiro atoms. The molecule has 0 aromatic heterocycles. The van der Waals surface area contributed by atoms with Crippen LogP contribution in [0.1, 0.15) is 34.1 Å². The SMILES string of the molecule is CC(NC(=O)CCS)C(=O)NC(C)(C)C. The number of rotatable bonds is 4. The summed E-state index contributed by atoms with van der Waals surface area (Å²) in [5.74, 6) is 0.163. The fraction of sp³-hybridized carbons (Fsp3) is 0.800. The average molecular weight is 232 g/mol. The first-order valence-electron chi connectivity index (χ1n) is 4.98. The molecule has 0 aliphatic rings.